The molecule has 0 aromatic heterocycles. The van der Waals surface area contributed by atoms with E-state index >= 15 is 0 Å². The van der Waals surface area contributed by atoms with E-state index in [1.54, 1.807) is 31.4 Å². The van der Waals surface area contributed by atoms with Gasteiger partial charge in [-0.15, -0.1) is 0 Å². The summed E-state index contributed by atoms with van der Waals surface area (Å²) < 4.78 is 4.88. The minimum atomic E-state index is -0.616. The van der Waals surface area contributed by atoms with Gasteiger partial charge in [0.2, 0.25) is 5.91 Å². The van der Waals surface area contributed by atoms with Crippen LogP contribution in [0.3, 0.4) is 0 Å². The highest BCUT2D eigenvalue weighted by Crippen LogP contribution is 2.15. The van der Waals surface area contributed by atoms with Crippen molar-refractivity contribution >= 4 is 17.5 Å². The van der Waals surface area contributed by atoms with Crippen molar-refractivity contribution in [1.29, 1.82) is 0 Å². The standard InChI is InChI=1S/C15H23N3O3/c1-10(2)13(16)15(20)18-12-7-5-4-6-11(12)14(19)17-8-9-21-3/h4-7,10,13H,8-9,16H2,1-3H3,(H,17,19)(H,18,20)/t13-/m1/s1. The topological polar surface area (TPSA) is 93.5 Å². The predicted octanol–water partition coefficient (Wildman–Crippen LogP) is 0.985. The van der Waals surface area contributed by atoms with Gasteiger partial charge in [0.25, 0.3) is 5.91 Å². The van der Waals surface area contributed by atoms with Crippen molar-refractivity contribution in [1.82, 2.24) is 5.32 Å². The van der Waals surface area contributed by atoms with E-state index in [9.17, 15) is 9.59 Å². The molecule has 1 rings (SSSR count). The minimum absolute atomic E-state index is 0.0210. The molecule has 6 nitrogen and oxygen atoms in total. The van der Waals surface area contributed by atoms with E-state index in [1.807, 2.05) is 13.8 Å². The van der Waals surface area contributed by atoms with E-state index in [1.165, 1.54) is 0 Å². The van der Waals surface area contributed by atoms with Gasteiger partial charge in [-0.1, -0.05) is 26.0 Å². The van der Waals surface area contributed by atoms with Crippen LogP contribution in [0.5, 0.6) is 0 Å². The number of anilines is 1. The third-order valence-corrected chi connectivity index (χ3v) is 3.04. The molecule has 0 fully saturated rings. The number of rotatable bonds is 7. The molecule has 0 heterocycles. The van der Waals surface area contributed by atoms with Crippen LogP contribution in [0.15, 0.2) is 24.3 Å². The molecule has 4 N–H and O–H groups in total. The van der Waals surface area contributed by atoms with Gasteiger partial charge >= 0.3 is 0 Å². The average Bonchev–Trinajstić information content (AvgIpc) is 2.46. The Balaban J connectivity index is 2.79. The van der Waals surface area contributed by atoms with E-state index in [-0.39, 0.29) is 17.7 Å². The SMILES string of the molecule is COCCNC(=O)c1ccccc1NC(=O)[C@H](N)C(C)C. The van der Waals surface area contributed by atoms with Gasteiger partial charge in [0.05, 0.1) is 23.9 Å². The highest BCUT2D eigenvalue weighted by Gasteiger charge is 2.19. The van der Waals surface area contributed by atoms with Gasteiger partial charge in [0.1, 0.15) is 0 Å². The number of carbonyl (C=O) groups is 2. The number of hydrogen-bond donors (Lipinski definition) is 3. The molecule has 1 aromatic carbocycles. The Kier molecular flexibility index (Phi) is 6.84. The Morgan fingerprint density at radius 2 is 1.95 bits per heavy atom. The number of nitrogens with one attached hydrogen (secondary N) is 2. The van der Waals surface area contributed by atoms with Crippen LogP contribution >= 0.6 is 0 Å². The number of carbonyl (C=O) groups excluding carboxylic acids is 2. The highest BCUT2D eigenvalue weighted by atomic mass is 16.5. The van der Waals surface area contributed by atoms with Crippen LogP contribution in [0.1, 0.15) is 24.2 Å². The summed E-state index contributed by atoms with van der Waals surface area (Å²) in [6.45, 7) is 4.57. The molecule has 1 atom stereocenters. The third kappa shape index (κ3) is 5.17. The van der Waals surface area contributed by atoms with Crippen LogP contribution in [0.2, 0.25) is 0 Å². The molecule has 0 aliphatic rings. The third-order valence-electron chi connectivity index (χ3n) is 3.04. The van der Waals surface area contributed by atoms with Crippen LogP contribution < -0.4 is 16.4 Å². The Labute approximate surface area is 125 Å². The van der Waals surface area contributed by atoms with Crippen molar-refractivity contribution in [3.63, 3.8) is 0 Å². The highest BCUT2D eigenvalue weighted by molar-refractivity contribution is 6.04. The molecular formula is C15H23N3O3. The maximum absolute atomic E-state index is 12.1. The summed E-state index contributed by atoms with van der Waals surface area (Å²) in [7, 11) is 1.56. The molecule has 0 unspecified atom stereocenters. The Morgan fingerprint density at radius 1 is 1.29 bits per heavy atom. The number of hydrogen-bond acceptors (Lipinski definition) is 4. The van der Waals surface area contributed by atoms with Gasteiger partial charge < -0.3 is 21.1 Å². The summed E-state index contributed by atoms with van der Waals surface area (Å²) >= 11 is 0. The number of methoxy groups -OCH3 is 1. The molecule has 116 valence electrons. The predicted molar refractivity (Wildman–Crippen MR) is 82.1 cm³/mol. The summed E-state index contributed by atoms with van der Waals surface area (Å²) in [5, 5.41) is 5.43. The van der Waals surface area contributed by atoms with Gasteiger partial charge in [0, 0.05) is 13.7 Å². The Hall–Kier alpha value is -1.92. The summed E-state index contributed by atoms with van der Waals surface area (Å²) in [5.74, 6) is -0.545. The number of nitrogens with two attached hydrogens (primary N) is 1. The van der Waals surface area contributed by atoms with Crippen molar-refractivity contribution in [2.75, 3.05) is 25.6 Å². The fourth-order valence-corrected chi connectivity index (χ4v) is 1.67. The average molecular weight is 293 g/mol. The minimum Gasteiger partial charge on any atom is -0.383 e. The van der Waals surface area contributed by atoms with E-state index in [4.69, 9.17) is 10.5 Å². The molecule has 1 aromatic rings. The zero-order valence-corrected chi connectivity index (χ0v) is 12.7. The molecular weight excluding hydrogens is 270 g/mol. The number of benzene rings is 1. The molecule has 0 saturated heterocycles. The smallest absolute Gasteiger partial charge is 0.253 e. The van der Waals surface area contributed by atoms with Gasteiger partial charge in [0.15, 0.2) is 0 Å². The van der Waals surface area contributed by atoms with Crippen molar-refractivity contribution in [3.05, 3.63) is 29.8 Å². The van der Waals surface area contributed by atoms with Gasteiger partial charge in [-0.3, -0.25) is 9.59 Å². The van der Waals surface area contributed by atoms with Crippen LogP contribution in [0, 0.1) is 5.92 Å². The fraction of sp³-hybridized carbons (Fsp3) is 0.467. The number of ether oxygens (including phenoxy) is 1. The Morgan fingerprint density at radius 3 is 2.57 bits per heavy atom. The van der Waals surface area contributed by atoms with Crippen LogP contribution in [0.25, 0.3) is 0 Å². The second-order valence-corrected chi connectivity index (χ2v) is 5.05. The van der Waals surface area contributed by atoms with Crippen LogP contribution in [-0.4, -0.2) is 38.1 Å². The zero-order valence-electron chi connectivity index (χ0n) is 12.7. The first-order valence-corrected chi connectivity index (χ1v) is 6.90. The maximum Gasteiger partial charge on any atom is 0.253 e. The Bertz CT molecular complexity index is 489. The van der Waals surface area contributed by atoms with E-state index in [0.29, 0.717) is 24.4 Å². The summed E-state index contributed by atoms with van der Waals surface area (Å²) in [4.78, 5) is 24.1. The lowest BCUT2D eigenvalue weighted by Crippen LogP contribution is -2.40. The second kappa shape index (κ2) is 8.39. The van der Waals surface area contributed by atoms with Crippen molar-refractivity contribution in [2.24, 2.45) is 11.7 Å². The molecule has 2 amide bonds. The van der Waals surface area contributed by atoms with Gasteiger partial charge in [-0.05, 0) is 18.1 Å². The van der Waals surface area contributed by atoms with Gasteiger partial charge in [-0.25, -0.2) is 0 Å². The largest absolute Gasteiger partial charge is 0.383 e. The van der Waals surface area contributed by atoms with Crippen molar-refractivity contribution in [3.8, 4) is 0 Å². The lowest BCUT2D eigenvalue weighted by Gasteiger charge is -2.17. The van der Waals surface area contributed by atoms with Crippen LogP contribution in [-0.2, 0) is 9.53 Å². The normalized spacial score (nSPS) is 12.0. The molecule has 0 spiro atoms. The number of para-hydroxylation sites is 1. The lowest BCUT2D eigenvalue weighted by atomic mass is 10.0. The molecule has 0 radical (unpaired) electrons. The summed E-state index contributed by atoms with van der Waals surface area (Å²) in [6.07, 6.45) is 0. The molecule has 6 heteroatoms. The quantitative estimate of drug-likeness (QED) is 0.653. The van der Waals surface area contributed by atoms with E-state index in [0.717, 1.165) is 0 Å². The molecule has 0 saturated carbocycles. The van der Waals surface area contributed by atoms with Crippen molar-refractivity contribution in [2.45, 2.75) is 19.9 Å². The van der Waals surface area contributed by atoms with Crippen LogP contribution in [0.4, 0.5) is 5.69 Å². The summed E-state index contributed by atoms with van der Waals surface area (Å²) in [5.41, 5.74) is 6.66. The van der Waals surface area contributed by atoms with Crippen molar-refractivity contribution < 1.29 is 14.3 Å². The first kappa shape index (κ1) is 17.1. The van der Waals surface area contributed by atoms with E-state index in [2.05, 4.69) is 10.6 Å². The second-order valence-electron chi connectivity index (χ2n) is 5.05. The van der Waals surface area contributed by atoms with Gasteiger partial charge in [-0.2, -0.15) is 0 Å². The summed E-state index contributed by atoms with van der Waals surface area (Å²) in [6, 6.07) is 6.20. The first-order valence-electron chi connectivity index (χ1n) is 6.90. The maximum atomic E-state index is 12.1. The lowest BCUT2D eigenvalue weighted by molar-refractivity contribution is -0.118. The molecule has 0 aliphatic carbocycles. The fourth-order valence-electron chi connectivity index (χ4n) is 1.67. The molecule has 0 bridgehead atoms. The monoisotopic (exact) mass is 293 g/mol. The number of amides is 2. The molecule has 21 heavy (non-hydrogen) atoms. The molecule has 0 aliphatic heterocycles. The van der Waals surface area contributed by atoms with E-state index < -0.39 is 6.04 Å². The first-order chi connectivity index (χ1) is 9.97. The zero-order chi connectivity index (χ0) is 15.8.